The quantitative estimate of drug-likeness (QED) is 0.340. The monoisotopic (exact) mass is 136 g/mol. The summed E-state index contributed by atoms with van der Waals surface area (Å²) >= 11 is 0. The summed E-state index contributed by atoms with van der Waals surface area (Å²) in [6.07, 6.45) is 5.66. The van der Waals surface area contributed by atoms with Gasteiger partial charge in [0.25, 0.3) is 0 Å². The molecule has 0 bridgehead atoms. The minimum atomic E-state index is 0. The fraction of sp³-hybridized carbons (Fsp3) is 0.714. The van der Waals surface area contributed by atoms with E-state index in [1.165, 1.54) is 12.8 Å². The van der Waals surface area contributed by atoms with Gasteiger partial charge in [0.05, 0.1) is 0 Å². The van der Waals surface area contributed by atoms with E-state index in [0.717, 1.165) is 13.0 Å². The van der Waals surface area contributed by atoms with Gasteiger partial charge in [0.1, 0.15) is 0 Å². The van der Waals surface area contributed by atoms with Crippen LogP contribution in [0.5, 0.6) is 0 Å². The Kier molecular flexibility index (Phi) is 15.8. The van der Waals surface area contributed by atoms with E-state index in [9.17, 15) is 0 Å². The van der Waals surface area contributed by atoms with Gasteiger partial charge in [-0.05, 0) is 32.9 Å². The Morgan fingerprint density at radius 1 is 1.44 bits per heavy atom. The summed E-state index contributed by atoms with van der Waals surface area (Å²) in [6, 6.07) is 0. The molecule has 0 aliphatic rings. The van der Waals surface area contributed by atoms with Crippen molar-refractivity contribution in [1.29, 1.82) is 0 Å². The Morgan fingerprint density at radius 2 is 2.11 bits per heavy atom. The van der Waals surface area contributed by atoms with Crippen LogP contribution in [0.2, 0.25) is 0 Å². The molecule has 0 saturated heterocycles. The van der Waals surface area contributed by atoms with Crippen molar-refractivity contribution in [2.45, 2.75) is 19.3 Å². The van der Waals surface area contributed by atoms with Gasteiger partial charge in [-0.25, -0.2) is 0 Å². The molecule has 0 aromatic rings. The Hall–Kier alpha value is 0.700. The van der Waals surface area contributed by atoms with E-state index in [0.29, 0.717) is 0 Å². The topological polar surface area (TPSA) is 12.0 Å². The summed E-state index contributed by atoms with van der Waals surface area (Å²) in [5.41, 5.74) is 0. The van der Waals surface area contributed by atoms with Gasteiger partial charge in [-0.2, -0.15) is 0 Å². The number of nitrogens with one attached hydrogen (secondary N) is 1. The van der Waals surface area contributed by atoms with Gasteiger partial charge < -0.3 is 5.32 Å². The van der Waals surface area contributed by atoms with Gasteiger partial charge in [-0.15, -0.1) is 6.58 Å². The van der Waals surface area contributed by atoms with Crippen molar-refractivity contribution in [3.8, 4) is 0 Å². The first kappa shape index (κ1) is 12.4. The number of unbranched alkanes of at least 4 members (excludes halogenated alkanes) is 2. The predicted molar refractivity (Wildman–Crippen MR) is 43.7 cm³/mol. The van der Waals surface area contributed by atoms with Crippen LogP contribution in [0.3, 0.4) is 0 Å². The summed E-state index contributed by atoms with van der Waals surface area (Å²) < 4.78 is 0. The van der Waals surface area contributed by atoms with Gasteiger partial charge in [0.2, 0.25) is 0 Å². The second-order valence-corrected chi connectivity index (χ2v) is 1.89. The summed E-state index contributed by atoms with van der Waals surface area (Å²) in [7, 11) is 1.98. The Bertz CT molecular complexity index is 54.9. The second-order valence-electron chi connectivity index (χ2n) is 1.89. The van der Waals surface area contributed by atoms with E-state index in [1.54, 1.807) is 0 Å². The van der Waals surface area contributed by atoms with E-state index in [1.807, 2.05) is 13.1 Å². The number of hydrogen-bond acceptors (Lipinski definition) is 1. The SMILES string of the molecule is C=CCCCCNC.[Na]. The molecule has 0 atom stereocenters. The fourth-order valence-corrected chi connectivity index (χ4v) is 0.590. The maximum absolute atomic E-state index is 3.64. The fourth-order valence-electron chi connectivity index (χ4n) is 0.590. The van der Waals surface area contributed by atoms with Crippen molar-refractivity contribution in [1.82, 2.24) is 5.32 Å². The normalized spacial score (nSPS) is 8.11. The Morgan fingerprint density at radius 3 is 2.56 bits per heavy atom. The zero-order valence-corrected chi connectivity index (χ0v) is 8.61. The molecule has 0 heterocycles. The van der Waals surface area contributed by atoms with Gasteiger partial charge in [-0.1, -0.05) is 6.08 Å². The minimum absolute atomic E-state index is 0. The van der Waals surface area contributed by atoms with Crippen molar-refractivity contribution in [2.75, 3.05) is 13.6 Å². The van der Waals surface area contributed by atoms with Crippen molar-refractivity contribution in [2.24, 2.45) is 0 Å². The van der Waals surface area contributed by atoms with E-state index in [-0.39, 0.29) is 29.6 Å². The first-order valence-corrected chi connectivity index (χ1v) is 3.17. The molecule has 0 amide bonds. The molecule has 1 nitrogen and oxygen atoms in total. The number of hydrogen-bond donors (Lipinski definition) is 1. The molecule has 0 fully saturated rings. The summed E-state index contributed by atoms with van der Waals surface area (Å²) in [4.78, 5) is 0. The van der Waals surface area contributed by atoms with Gasteiger partial charge in [0.15, 0.2) is 0 Å². The molecular formula is C7H15NNa. The molecule has 0 unspecified atom stereocenters. The van der Waals surface area contributed by atoms with E-state index in [4.69, 9.17) is 0 Å². The molecule has 0 aromatic carbocycles. The van der Waals surface area contributed by atoms with E-state index >= 15 is 0 Å². The minimum Gasteiger partial charge on any atom is -0.320 e. The van der Waals surface area contributed by atoms with Crippen LogP contribution in [0, 0.1) is 0 Å². The Labute approximate surface area is 80.2 Å². The molecule has 1 radical (unpaired) electrons. The number of rotatable bonds is 5. The molecule has 0 aromatic heterocycles. The maximum Gasteiger partial charge on any atom is 0 e. The molecule has 0 saturated carbocycles. The summed E-state index contributed by atoms with van der Waals surface area (Å²) in [5, 5.41) is 3.09. The molecule has 9 heavy (non-hydrogen) atoms. The first-order valence-electron chi connectivity index (χ1n) is 3.17. The zero-order chi connectivity index (χ0) is 6.24. The molecule has 1 N–H and O–H groups in total. The molecule has 2 heteroatoms. The maximum atomic E-state index is 3.64. The molecule has 0 aliphatic carbocycles. The standard InChI is InChI=1S/C7H15N.Na/c1-3-4-5-6-7-8-2;/h3,8H,1,4-7H2,2H3;. The van der Waals surface area contributed by atoms with Crippen LogP contribution >= 0.6 is 0 Å². The third kappa shape index (κ3) is 12.0. The average molecular weight is 136 g/mol. The molecule has 0 aliphatic heterocycles. The molecule has 0 rings (SSSR count). The van der Waals surface area contributed by atoms with Crippen LogP contribution in [0.25, 0.3) is 0 Å². The van der Waals surface area contributed by atoms with Gasteiger partial charge >= 0.3 is 0 Å². The van der Waals surface area contributed by atoms with Crippen molar-refractivity contribution >= 4 is 29.6 Å². The Balaban J connectivity index is 0. The summed E-state index contributed by atoms with van der Waals surface area (Å²) in [5.74, 6) is 0. The van der Waals surface area contributed by atoms with Crippen LogP contribution in [-0.4, -0.2) is 43.1 Å². The van der Waals surface area contributed by atoms with Crippen LogP contribution in [0.4, 0.5) is 0 Å². The third-order valence-electron chi connectivity index (χ3n) is 1.09. The zero-order valence-electron chi connectivity index (χ0n) is 6.61. The van der Waals surface area contributed by atoms with E-state index < -0.39 is 0 Å². The average Bonchev–Trinajstić information content (AvgIpc) is 1.81. The second kappa shape index (κ2) is 11.5. The van der Waals surface area contributed by atoms with Gasteiger partial charge in [-0.3, -0.25) is 0 Å². The van der Waals surface area contributed by atoms with E-state index in [2.05, 4.69) is 11.9 Å². The van der Waals surface area contributed by atoms with Crippen LogP contribution < -0.4 is 5.32 Å². The van der Waals surface area contributed by atoms with Crippen LogP contribution in [0.1, 0.15) is 19.3 Å². The van der Waals surface area contributed by atoms with Gasteiger partial charge in [0, 0.05) is 29.6 Å². The predicted octanol–water partition coefficient (Wildman–Crippen LogP) is 1.18. The first-order chi connectivity index (χ1) is 3.91. The van der Waals surface area contributed by atoms with Crippen LogP contribution in [0.15, 0.2) is 12.7 Å². The van der Waals surface area contributed by atoms with Crippen molar-refractivity contribution in [3.05, 3.63) is 12.7 Å². The largest absolute Gasteiger partial charge is 0.320 e. The van der Waals surface area contributed by atoms with Crippen molar-refractivity contribution < 1.29 is 0 Å². The molecule has 49 valence electrons. The third-order valence-corrected chi connectivity index (χ3v) is 1.09. The summed E-state index contributed by atoms with van der Waals surface area (Å²) in [6.45, 7) is 4.77. The van der Waals surface area contributed by atoms with Crippen molar-refractivity contribution in [3.63, 3.8) is 0 Å². The van der Waals surface area contributed by atoms with Crippen LogP contribution in [-0.2, 0) is 0 Å². The smallest absolute Gasteiger partial charge is 0 e. The number of allylic oxidation sites excluding steroid dienone is 1. The molecule has 0 spiro atoms. The molecular weight excluding hydrogens is 121 g/mol.